The van der Waals surface area contributed by atoms with E-state index in [1.54, 1.807) is 12.7 Å². The van der Waals surface area contributed by atoms with Gasteiger partial charge in [0.1, 0.15) is 23.0 Å². The molecular formula is C19H20F2N4O2. The highest BCUT2D eigenvalue weighted by molar-refractivity contribution is 5.77. The van der Waals surface area contributed by atoms with Crippen LogP contribution >= 0.6 is 0 Å². The van der Waals surface area contributed by atoms with Crippen LogP contribution in [0.2, 0.25) is 0 Å². The van der Waals surface area contributed by atoms with Gasteiger partial charge in [0.15, 0.2) is 0 Å². The number of hydrogen-bond donors (Lipinski definition) is 1. The van der Waals surface area contributed by atoms with Crippen LogP contribution < -0.4 is 0 Å². The highest BCUT2D eigenvalue weighted by Gasteiger charge is 2.30. The highest BCUT2D eigenvalue weighted by Crippen LogP contribution is 2.36. The number of hydrogen-bond acceptors (Lipinski definition) is 4. The van der Waals surface area contributed by atoms with Crippen LogP contribution in [0.15, 0.2) is 37.1 Å². The van der Waals surface area contributed by atoms with Crippen LogP contribution in [0.4, 0.5) is 8.78 Å². The molecule has 1 N–H and O–H groups in total. The van der Waals surface area contributed by atoms with Crippen LogP contribution in [-0.4, -0.2) is 43.5 Å². The molecule has 142 valence electrons. The predicted octanol–water partition coefficient (Wildman–Crippen LogP) is 3.03. The summed E-state index contributed by atoms with van der Waals surface area (Å²) >= 11 is 0. The maximum Gasteiger partial charge on any atom is 0.135 e. The van der Waals surface area contributed by atoms with E-state index in [-0.39, 0.29) is 18.2 Å². The molecule has 1 fully saturated rings. The van der Waals surface area contributed by atoms with Crippen molar-refractivity contribution in [2.45, 2.75) is 32.0 Å². The van der Waals surface area contributed by atoms with Crippen molar-refractivity contribution in [3.8, 4) is 22.6 Å². The Morgan fingerprint density at radius 3 is 2.81 bits per heavy atom. The van der Waals surface area contributed by atoms with Crippen LogP contribution in [0.25, 0.3) is 22.6 Å². The van der Waals surface area contributed by atoms with Gasteiger partial charge in [-0.05, 0) is 25.5 Å². The number of aliphatic hydroxyl groups is 1. The monoisotopic (exact) mass is 374 g/mol. The van der Waals surface area contributed by atoms with Crippen molar-refractivity contribution in [1.82, 2.24) is 19.1 Å². The smallest absolute Gasteiger partial charge is 0.135 e. The lowest BCUT2D eigenvalue weighted by atomic mass is 10.0. The molecule has 1 aromatic carbocycles. The van der Waals surface area contributed by atoms with E-state index >= 15 is 0 Å². The number of aryl methyl sites for hydroxylation is 1. The van der Waals surface area contributed by atoms with Gasteiger partial charge in [-0.2, -0.15) is 0 Å². The van der Waals surface area contributed by atoms with Gasteiger partial charge in [-0.1, -0.05) is 0 Å². The molecule has 0 spiro atoms. The summed E-state index contributed by atoms with van der Waals surface area (Å²) in [5, 5.41) is 10.4. The number of halogens is 2. The molecule has 0 bridgehead atoms. The molecule has 0 aliphatic carbocycles. The van der Waals surface area contributed by atoms with Gasteiger partial charge in [0.2, 0.25) is 0 Å². The predicted molar refractivity (Wildman–Crippen MR) is 95.0 cm³/mol. The van der Waals surface area contributed by atoms with Gasteiger partial charge in [0.25, 0.3) is 0 Å². The maximum absolute atomic E-state index is 14.4. The fourth-order valence-electron chi connectivity index (χ4n) is 3.44. The standard InChI is InChI=1S/C19H20F2N4O2/c1-2-24-8-15(22-10-24)19-18(13-4-3-12(20)7-14(13)21)23-11-25(19)16-5-6-27-9-17(16)26/h3-4,7-8,10-11,16-17,26H,2,5-6,9H2,1H3/t16-,17-/m0/s1. The molecule has 8 heteroatoms. The van der Waals surface area contributed by atoms with E-state index in [0.717, 1.165) is 12.6 Å². The first-order chi connectivity index (χ1) is 13.1. The van der Waals surface area contributed by atoms with E-state index < -0.39 is 17.7 Å². The molecule has 2 atom stereocenters. The summed E-state index contributed by atoms with van der Waals surface area (Å²) < 4.78 is 36.8. The lowest BCUT2D eigenvalue weighted by Crippen LogP contribution is -2.34. The Kier molecular flexibility index (Phi) is 4.75. The Labute approximate surface area is 155 Å². The second-order valence-corrected chi connectivity index (χ2v) is 6.56. The lowest BCUT2D eigenvalue weighted by molar-refractivity contribution is -0.0381. The van der Waals surface area contributed by atoms with Crippen molar-refractivity contribution < 1.29 is 18.6 Å². The van der Waals surface area contributed by atoms with Gasteiger partial charge in [0.05, 0.1) is 37.1 Å². The zero-order valence-electron chi connectivity index (χ0n) is 14.8. The number of benzene rings is 1. The van der Waals surface area contributed by atoms with Crippen LogP contribution in [0.5, 0.6) is 0 Å². The number of rotatable bonds is 4. The second-order valence-electron chi connectivity index (χ2n) is 6.56. The summed E-state index contributed by atoms with van der Waals surface area (Å²) in [6, 6.07) is 3.16. The third-order valence-electron chi connectivity index (χ3n) is 4.87. The van der Waals surface area contributed by atoms with Crippen molar-refractivity contribution in [3.05, 3.63) is 48.7 Å². The van der Waals surface area contributed by atoms with Crippen LogP contribution in [0, 0.1) is 11.6 Å². The number of aliphatic hydroxyl groups excluding tert-OH is 1. The fourth-order valence-corrected chi connectivity index (χ4v) is 3.44. The third kappa shape index (κ3) is 3.26. The van der Waals surface area contributed by atoms with Gasteiger partial charge in [-0.25, -0.2) is 18.7 Å². The fraction of sp³-hybridized carbons (Fsp3) is 0.368. The van der Waals surface area contributed by atoms with Gasteiger partial charge < -0.3 is 19.0 Å². The zero-order chi connectivity index (χ0) is 19.0. The van der Waals surface area contributed by atoms with Crippen molar-refractivity contribution in [2.24, 2.45) is 0 Å². The second kappa shape index (κ2) is 7.21. The third-order valence-corrected chi connectivity index (χ3v) is 4.87. The average molecular weight is 374 g/mol. The number of aromatic nitrogens is 4. The van der Waals surface area contributed by atoms with Crippen molar-refractivity contribution in [3.63, 3.8) is 0 Å². The molecule has 0 amide bonds. The first-order valence-corrected chi connectivity index (χ1v) is 8.88. The molecule has 1 saturated heterocycles. The topological polar surface area (TPSA) is 65.1 Å². The first kappa shape index (κ1) is 17.8. The Hall–Kier alpha value is -2.58. The summed E-state index contributed by atoms with van der Waals surface area (Å²) in [5.74, 6) is -1.34. The molecule has 27 heavy (non-hydrogen) atoms. The minimum atomic E-state index is -0.703. The van der Waals surface area contributed by atoms with Crippen LogP contribution in [0.3, 0.4) is 0 Å². The normalized spacial score (nSPS) is 20.1. The van der Waals surface area contributed by atoms with E-state index in [0.29, 0.717) is 30.1 Å². The molecule has 1 aliphatic rings. The van der Waals surface area contributed by atoms with Gasteiger partial charge in [-0.15, -0.1) is 0 Å². The summed E-state index contributed by atoms with van der Waals surface area (Å²) in [6.07, 6.45) is 5.02. The number of imidazole rings is 2. The number of nitrogens with zero attached hydrogens (tertiary/aromatic N) is 4. The molecule has 2 aromatic heterocycles. The minimum absolute atomic E-state index is 0.192. The molecule has 6 nitrogen and oxygen atoms in total. The van der Waals surface area contributed by atoms with Gasteiger partial charge in [0, 0.05) is 31.0 Å². The average Bonchev–Trinajstić information content (AvgIpc) is 3.28. The van der Waals surface area contributed by atoms with Crippen LogP contribution in [0.1, 0.15) is 19.4 Å². The Morgan fingerprint density at radius 2 is 2.11 bits per heavy atom. The molecule has 0 saturated carbocycles. The van der Waals surface area contributed by atoms with E-state index in [9.17, 15) is 13.9 Å². The van der Waals surface area contributed by atoms with Gasteiger partial charge in [-0.3, -0.25) is 0 Å². The summed E-state index contributed by atoms with van der Waals surface area (Å²) in [5.41, 5.74) is 1.77. The van der Waals surface area contributed by atoms with Crippen molar-refractivity contribution >= 4 is 0 Å². The van der Waals surface area contributed by atoms with E-state index in [2.05, 4.69) is 9.97 Å². The molecule has 0 unspecified atom stereocenters. The quantitative estimate of drug-likeness (QED) is 0.762. The molecule has 1 aliphatic heterocycles. The Morgan fingerprint density at radius 1 is 1.26 bits per heavy atom. The summed E-state index contributed by atoms with van der Waals surface area (Å²) in [6.45, 7) is 3.47. The Bertz CT molecular complexity index is 953. The SMILES string of the molecule is CCn1cnc(-c2c(-c3ccc(F)cc3F)ncn2[C@H]2CCOC[C@@H]2O)c1. The minimum Gasteiger partial charge on any atom is -0.389 e. The molecule has 3 heterocycles. The first-order valence-electron chi connectivity index (χ1n) is 8.88. The maximum atomic E-state index is 14.4. The van der Waals surface area contributed by atoms with E-state index in [1.165, 1.54) is 12.1 Å². The summed E-state index contributed by atoms with van der Waals surface area (Å²) in [4.78, 5) is 8.83. The molecule has 4 rings (SSSR count). The largest absolute Gasteiger partial charge is 0.389 e. The lowest BCUT2D eigenvalue weighted by Gasteiger charge is -2.29. The zero-order valence-corrected chi connectivity index (χ0v) is 14.8. The molecule has 3 aromatic rings. The number of ether oxygens (including phenoxy) is 1. The molecule has 0 radical (unpaired) electrons. The van der Waals surface area contributed by atoms with E-state index in [4.69, 9.17) is 4.74 Å². The van der Waals surface area contributed by atoms with E-state index in [1.807, 2.05) is 22.3 Å². The van der Waals surface area contributed by atoms with Crippen LogP contribution in [-0.2, 0) is 11.3 Å². The molecular weight excluding hydrogens is 354 g/mol. The Balaban J connectivity index is 1.88. The van der Waals surface area contributed by atoms with Gasteiger partial charge >= 0.3 is 0 Å². The van der Waals surface area contributed by atoms with Crippen molar-refractivity contribution in [1.29, 1.82) is 0 Å². The summed E-state index contributed by atoms with van der Waals surface area (Å²) in [7, 11) is 0. The highest BCUT2D eigenvalue weighted by atomic mass is 19.1. The van der Waals surface area contributed by atoms with Crippen molar-refractivity contribution in [2.75, 3.05) is 13.2 Å².